The number of alkyl halides is 1. The lowest BCUT2D eigenvalue weighted by molar-refractivity contribution is 0.361. The summed E-state index contributed by atoms with van der Waals surface area (Å²) in [7, 11) is -1.51. The van der Waals surface area contributed by atoms with Gasteiger partial charge in [0.1, 0.15) is 0 Å². The Bertz CT molecular complexity index is 314. The summed E-state index contributed by atoms with van der Waals surface area (Å²) < 4.78 is 27.9. The predicted octanol–water partition coefficient (Wildman–Crippen LogP) is 2.60. The molecule has 0 amide bonds. The summed E-state index contributed by atoms with van der Waals surface area (Å²) in [6.07, 6.45) is 7.42. The van der Waals surface area contributed by atoms with E-state index in [9.17, 15) is 8.42 Å². The van der Waals surface area contributed by atoms with Gasteiger partial charge in [-0.1, -0.05) is 35.2 Å². The summed E-state index contributed by atoms with van der Waals surface area (Å²) >= 11 is 3.39. The molecule has 0 bridgehead atoms. The second-order valence-electron chi connectivity index (χ2n) is 4.89. The third-order valence-corrected chi connectivity index (χ3v) is 5.94. The van der Waals surface area contributed by atoms with Gasteiger partial charge >= 0.3 is 0 Å². The van der Waals surface area contributed by atoms with E-state index in [0.29, 0.717) is 19.6 Å². The van der Waals surface area contributed by atoms with Gasteiger partial charge in [-0.05, 0) is 25.7 Å². The predicted molar refractivity (Wildman–Crippen MR) is 79.2 cm³/mol. The Morgan fingerprint density at radius 2 is 1.67 bits per heavy atom. The van der Waals surface area contributed by atoms with E-state index in [4.69, 9.17) is 0 Å². The maximum atomic E-state index is 12.3. The van der Waals surface area contributed by atoms with E-state index in [0.717, 1.165) is 50.3 Å². The average Bonchev–Trinajstić information content (AvgIpc) is 2.63. The fourth-order valence-electron chi connectivity index (χ4n) is 2.19. The summed E-state index contributed by atoms with van der Waals surface area (Å²) in [6, 6.07) is 0. The van der Waals surface area contributed by atoms with E-state index in [1.807, 2.05) is 0 Å². The van der Waals surface area contributed by atoms with Crippen molar-refractivity contribution in [3.63, 3.8) is 0 Å². The molecule has 0 aromatic carbocycles. The molecule has 6 heteroatoms. The minimum Gasteiger partial charge on any atom is -0.195 e. The zero-order valence-corrected chi connectivity index (χ0v) is 13.7. The lowest BCUT2D eigenvalue weighted by atomic mass is 10.2. The minimum absolute atomic E-state index is 0.631. The first-order chi connectivity index (χ1) is 8.59. The van der Waals surface area contributed by atoms with Gasteiger partial charge in [-0.25, -0.2) is 0 Å². The highest BCUT2D eigenvalue weighted by molar-refractivity contribution is 9.09. The Hall–Kier alpha value is 0.350. The van der Waals surface area contributed by atoms with E-state index in [1.165, 1.54) is 4.31 Å². The highest BCUT2D eigenvalue weighted by Gasteiger charge is 2.26. The molecule has 0 saturated carbocycles. The molecule has 0 radical (unpaired) electrons. The standard InChI is InChI=1S/C12H25BrN2O2S/c1-14(10-6-4-5-9-13)18(16,17)15-11-7-2-3-8-12-15/h2-12H2,1H3. The Morgan fingerprint density at radius 3 is 2.22 bits per heavy atom. The summed E-state index contributed by atoms with van der Waals surface area (Å²) in [6.45, 7) is 2.01. The molecule has 1 aliphatic heterocycles. The van der Waals surface area contributed by atoms with Crippen LogP contribution in [0.5, 0.6) is 0 Å². The molecule has 1 fully saturated rings. The zero-order chi connectivity index (χ0) is 13.4. The molecular weight excluding hydrogens is 316 g/mol. The summed E-state index contributed by atoms with van der Waals surface area (Å²) in [4.78, 5) is 0. The van der Waals surface area contributed by atoms with Crippen LogP contribution in [-0.2, 0) is 10.2 Å². The quantitative estimate of drug-likeness (QED) is 0.528. The molecule has 0 atom stereocenters. The monoisotopic (exact) mass is 340 g/mol. The Labute approximate surface area is 120 Å². The highest BCUT2D eigenvalue weighted by atomic mass is 79.9. The number of rotatable bonds is 7. The van der Waals surface area contributed by atoms with Gasteiger partial charge in [0.05, 0.1) is 0 Å². The summed E-state index contributed by atoms with van der Waals surface area (Å²) in [5.41, 5.74) is 0. The molecule has 18 heavy (non-hydrogen) atoms. The van der Waals surface area contributed by atoms with E-state index in [-0.39, 0.29) is 0 Å². The molecule has 0 aromatic rings. The van der Waals surface area contributed by atoms with Gasteiger partial charge in [0, 0.05) is 32.0 Å². The van der Waals surface area contributed by atoms with Crippen LogP contribution in [0.1, 0.15) is 44.9 Å². The SMILES string of the molecule is CN(CCCCCBr)S(=O)(=O)N1CCCCCC1. The lowest BCUT2D eigenvalue weighted by Gasteiger charge is -2.26. The first kappa shape index (κ1) is 16.4. The van der Waals surface area contributed by atoms with Gasteiger partial charge in [-0.15, -0.1) is 0 Å². The summed E-state index contributed by atoms with van der Waals surface area (Å²) in [5.74, 6) is 0. The van der Waals surface area contributed by atoms with Crippen LogP contribution in [0.4, 0.5) is 0 Å². The molecule has 0 unspecified atom stereocenters. The molecule has 1 heterocycles. The first-order valence-corrected chi connectivity index (χ1v) is 9.38. The van der Waals surface area contributed by atoms with Crippen LogP contribution in [0.2, 0.25) is 0 Å². The molecule has 108 valence electrons. The molecule has 1 saturated heterocycles. The van der Waals surface area contributed by atoms with Crippen LogP contribution in [0.15, 0.2) is 0 Å². The summed E-state index contributed by atoms with van der Waals surface area (Å²) in [5, 5.41) is 0.996. The van der Waals surface area contributed by atoms with E-state index >= 15 is 0 Å². The fraction of sp³-hybridized carbons (Fsp3) is 1.00. The number of halogens is 1. The van der Waals surface area contributed by atoms with Crippen molar-refractivity contribution in [1.29, 1.82) is 0 Å². The van der Waals surface area contributed by atoms with E-state index < -0.39 is 10.2 Å². The van der Waals surface area contributed by atoms with Crippen molar-refractivity contribution in [3.05, 3.63) is 0 Å². The molecule has 0 aliphatic carbocycles. The molecule has 0 aromatic heterocycles. The number of unbranched alkanes of at least 4 members (excludes halogenated alkanes) is 2. The van der Waals surface area contributed by atoms with Crippen LogP contribution < -0.4 is 0 Å². The van der Waals surface area contributed by atoms with Crippen molar-refractivity contribution in [2.24, 2.45) is 0 Å². The largest absolute Gasteiger partial charge is 0.281 e. The molecular formula is C12H25BrN2O2S. The van der Waals surface area contributed by atoms with Crippen LogP contribution in [-0.4, -0.2) is 49.0 Å². The Morgan fingerprint density at radius 1 is 1.06 bits per heavy atom. The highest BCUT2D eigenvalue weighted by Crippen LogP contribution is 2.16. The third kappa shape index (κ3) is 5.15. The average molecular weight is 341 g/mol. The van der Waals surface area contributed by atoms with Gasteiger partial charge < -0.3 is 0 Å². The first-order valence-electron chi connectivity index (χ1n) is 6.86. The Kier molecular flexibility index (Phi) is 7.75. The van der Waals surface area contributed by atoms with Crippen LogP contribution in [0, 0.1) is 0 Å². The number of hydrogen-bond acceptors (Lipinski definition) is 2. The molecule has 4 nitrogen and oxygen atoms in total. The van der Waals surface area contributed by atoms with E-state index in [1.54, 1.807) is 11.4 Å². The maximum Gasteiger partial charge on any atom is 0.281 e. The zero-order valence-electron chi connectivity index (χ0n) is 11.3. The van der Waals surface area contributed by atoms with Crippen molar-refractivity contribution in [1.82, 2.24) is 8.61 Å². The van der Waals surface area contributed by atoms with Crippen LogP contribution in [0.25, 0.3) is 0 Å². The van der Waals surface area contributed by atoms with E-state index in [2.05, 4.69) is 15.9 Å². The third-order valence-electron chi connectivity index (χ3n) is 3.39. The topological polar surface area (TPSA) is 40.6 Å². The van der Waals surface area contributed by atoms with Crippen LogP contribution >= 0.6 is 15.9 Å². The smallest absolute Gasteiger partial charge is 0.195 e. The van der Waals surface area contributed by atoms with Crippen molar-refractivity contribution >= 4 is 26.1 Å². The van der Waals surface area contributed by atoms with Gasteiger partial charge in [0.15, 0.2) is 0 Å². The molecule has 1 rings (SSSR count). The normalized spacial score (nSPS) is 19.1. The second kappa shape index (κ2) is 8.51. The molecule has 0 spiro atoms. The fourth-order valence-corrected chi connectivity index (χ4v) is 4.06. The van der Waals surface area contributed by atoms with Crippen LogP contribution in [0.3, 0.4) is 0 Å². The maximum absolute atomic E-state index is 12.3. The van der Waals surface area contributed by atoms with Crippen molar-refractivity contribution in [2.45, 2.75) is 44.9 Å². The molecule has 0 N–H and O–H groups in total. The van der Waals surface area contributed by atoms with Crippen molar-refractivity contribution in [3.8, 4) is 0 Å². The number of hydrogen-bond donors (Lipinski definition) is 0. The van der Waals surface area contributed by atoms with Crippen molar-refractivity contribution < 1.29 is 8.42 Å². The molecule has 1 aliphatic rings. The van der Waals surface area contributed by atoms with Gasteiger partial charge in [0.2, 0.25) is 0 Å². The number of nitrogens with zero attached hydrogens (tertiary/aromatic N) is 2. The second-order valence-corrected chi connectivity index (χ2v) is 7.72. The lowest BCUT2D eigenvalue weighted by Crippen LogP contribution is -2.42. The van der Waals surface area contributed by atoms with Gasteiger partial charge in [0.25, 0.3) is 10.2 Å². The van der Waals surface area contributed by atoms with Gasteiger partial charge in [-0.2, -0.15) is 17.0 Å². The van der Waals surface area contributed by atoms with Crippen molar-refractivity contribution in [2.75, 3.05) is 32.0 Å². The Balaban J connectivity index is 2.44. The minimum atomic E-state index is -3.22. The van der Waals surface area contributed by atoms with Gasteiger partial charge in [-0.3, -0.25) is 0 Å².